The molecule has 0 spiro atoms. The zero-order chi connectivity index (χ0) is 22.4. The molecule has 0 aliphatic heterocycles. The van der Waals surface area contributed by atoms with Crippen LogP contribution in [0.3, 0.4) is 0 Å². The first-order chi connectivity index (χ1) is 14.0. The van der Waals surface area contributed by atoms with Gasteiger partial charge in [-0.2, -0.15) is 0 Å². The number of hydrogen-bond donors (Lipinski definition) is 2. The SMILES string of the molecule is CC(C)(C)c1ccc(OC(CCCCNS(=O)(=O)c2ccc(Cl)cc2)C(=O)O)cc1. The van der Waals surface area contributed by atoms with Crippen molar-refractivity contribution in [3.63, 3.8) is 0 Å². The minimum atomic E-state index is -3.62. The Morgan fingerprint density at radius 3 is 2.20 bits per heavy atom. The van der Waals surface area contributed by atoms with Gasteiger partial charge in [0.05, 0.1) is 4.90 Å². The van der Waals surface area contributed by atoms with Crippen LogP contribution in [-0.2, 0) is 20.2 Å². The number of carbonyl (C=O) groups is 1. The van der Waals surface area contributed by atoms with Gasteiger partial charge in [0.15, 0.2) is 6.10 Å². The molecule has 0 heterocycles. The van der Waals surface area contributed by atoms with Gasteiger partial charge in [-0.15, -0.1) is 0 Å². The molecule has 1 atom stereocenters. The van der Waals surface area contributed by atoms with Crippen molar-refractivity contribution in [2.75, 3.05) is 6.54 Å². The predicted octanol–water partition coefficient (Wildman–Crippen LogP) is 4.62. The summed E-state index contributed by atoms with van der Waals surface area (Å²) in [6.07, 6.45) is 0.278. The maximum atomic E-state index is 12.2. The lowest BCUT2D eigenvalue weighted by atomic mass is 9.87. The van der Waals surface area contributed by atoms with Crippen molar-refractivity contribution in [1.82, 2.24) is 4.72 Å². The zero-order valence-corrected chi connectivity index (χ0v) is 19.0. The number of sulfonamides is 1. The first-order valence-corrected chi connectivity index (χ1v) is 11.6. The molecule has 2 N–H and O–H groups in total. The number of ether oxygens (including phenoxy) is 1. The summed E-state index contributed by atoms with van der Waals surface area (Å²) in [6.45, 7) is 6.51. The Morgan fingerprint density at radius 1 is 1.07 bits per heavy atom. The van der Waals surface area contributed by atoms with Crippen molar-refractivity contribution in [2.45, 2.75) is 56.4 Å². The van der Waals surface area contributed by atoms with E-state index in [0.29, 0.717) is 23.6 Å². The lowest BCUT2D eigenvalue weighted by Gasteiger charge is -2.20. The van der Waals surface area contributed by atoms with Gasteiger partial charge in [-0.05, 0) is 66.6 Å². The van der Waals surface area contributed by atoms with E-state index in [0.717, 1.165) is 5.56 Å². The van der Waals surface area contributed by atoms with E-state index in [-0.39, 0.29) is 23.3 Å². The van der Waals surface area contributed by atoms with E-state index in [9.17, 15) is 18.3 Å². The van der Waals surface area contributed by atoms with Crippen molar-refractivity contribution < 1.29 is 23.1 Å². The Hall–Kier alpha value is -2.09. The second-order valence-corrected chi connectivity index (χ2v) is 10.3. The molecule has 2 rings (SSSR count). The molecule has 2 aromatic rings. The van der Waals surface area contributed by atoms with Gasteiger partial charge >= 0.3 is 5.97 Å². The van der Waals surface area contributed by atoms with Gasteiger partial charge in [0.1, 0.15) is 5.75 Å². The Kier molecular flexibility index (Phi) is 8.29. The van der Waals surface area contributed by atoms with Gasteiger partial charge in [0.2, 0.25) is 10.0 Å². The molecule has 0 amide bonds. The molecule has 0 bridgehead atoms. The Morgan fingerprint density at radius 2 is 1.67 bits per heavy atom. The monoisotopic (exact) mass is 453 g/mol. The standard InChI is InChI=1S/C22H28ClNO5S/c1-22(2,3)16-7-11-18(12-8-16)29-20(21(25)26)6-4-5-15-24-30(27,28)19-13-9-17(23)10-14-19/h7-14,20,24H,4-6,15H2,1-3H3,(H,25,26). The summed E-state index contributed by atoms with van der Waals surface area (Å²) in [5.41, 5.74) is 1.14. The van der Waals surface area contributed by atoms with E-state index in [1.54, 1.807) is 12.1 Å². The largest absolute Gasteiger partial charge is 0.479 e. The number of unbranched alkanes of at least 4 members (excludes halogenated alkanes) is 1. The van der Waals surface area contributed by atoms with Crippen LogP contribution in [0.1, 0.15) is 45.6 Å². The first kappa shape index (κ1) is 24.2. The normalized spacial score (nSPS) is 13.1. The minimum Gasteiger partial charge on any atom is -0.479 e. The average molecular weight is 454 g/mol. The molecule has 0 aliphatic carbocycles. The minimum absolute atomic E-state index is 0.00404. The van der Waals surface area contributed by atoms with E-state index in [2.05, 4.69) is 25.5 Å². The lowest BCUT2D eigenvalue weighted by molar-refractivity contribution is -0.145. The molecule has 0 saturated carbocycles. The van der Waals surface area contributed by atoms with Crippen LogP contribution >= 0.6 is 11.6 Å². The molecule has 8 heteroatoms. The second kappa shape index (κ2) is 10.3. The summed E-state index contributed by atoms with van der Waals surface area (Å²) in [5.74, 6) is -0.546. The number of carboxylic acid groups (broad SMARTS) is 1. The van der Waals surface area contributed by atoms with Crippen LogP contribution in [-0.4, -0.2) is 32.1 Å². The molecule has 0 fully saturated rings. The first-order valence-electron chi connectivity index (χ1n) is 9.74. The van der Waals surface area contributed by atoms with Crippen LogP contribution < -0.4 is 9.46 Å². The number of halogens is 1. The van der Waals surface area contributed by atoms with Gasteiger partial charge < -0.3 is 9.84 Å². The van der Waals surface area contributed by atoms with Crippen LogP contribution in [0.25, 0.3) is 0 Å². The third-order valence-electron chi connectivity index (χ3n) is 4.58. The highest BCUT2D eigenvalue weighted by atomic mass is 35.5. The summed E-state index contributed by atoms with van der Waals surface area (Å²) < 4.78 is 32.6. The van der Waals surface area contributed by atoms with Crippen LogP contribution in [0, 0.1) is 0 Å². The Bertz CT molecular complexity index is 935. The molecule has 164 valence electrons. The fourth-order valence-electron chi connectivity index (χ4n) is 2.79. The second-order valence-electron chi connectivity index (χ2n) is 8.07. The van der Waals surface area contributed by atoms with E-state index < -0.39 is 22.1 Å². The fourth-order valence-corrected chi connectivity index (χ4v) is 3.99. The smallest absolute Gasteiger partial charge is 0.344 e. The summed E-state index contributed by atoms with van der Waals surface area (Å²) in [6, 6.07) is 13.3. The maximum absolute atomic E-state index is 12.2. The lowest BCUT2D eigenvalue weighted by Crippen LogP contribution is -2.28. The maximum Gasteiger partial charge on any atom is 0.344 e. The Balaban J connectivity index is 1.82. The van der Waals surface area contributed by atoms with Gasteiger partial charge in [-0.3, -0.25) is 0 Å². The highest BCUT2D eigenvalue weighted by Gasteiger charge is 2.20. The fraction of sp³-hybridized carbons (Fsp3) is 0.409. The number of aliphatic carboxylic acids is 1. The molecule has 1 unspecified atom stereocenters. The van der Waals surface area contributed by atoms with Crippen LogP contribution in [0.5, 0.6) is 5.75 Å². The molecular weight excluding hydrogens is 426 g/mol. The number of carboxylic acids is 1. The molecule has 0 aliphatic rings. The van der Waals surface area contributed by atoms with Gasteiger partial charge in [-0.1, -0.05) is 44.5 Å². The summed E-state index contributed by atoms with van der Waals surface area (Å²) in [7, 11) is -3.62. The van der Waals surface area contributed by atoms with Crippen molar-refractivity contribution in [1.29, 1.82) is 0 Å². The van der Waals surface area contributed by atoms with E-state index in [1.807, 2.05) is 12.1 Å². The topological polar surface area (TPSA) is 92.7 Å². The number of hydrogen-bond acceptors (Lipinski definition) is 4. The zero-order valence-electron chi connectivity index (χ0n) is 17.4. The van der Waals surface area contributed by atoms with Crippen LogP contribution in [0.2, 0.25) is 5.02 Å². The molecule has 0 saturated heterocycles. The number of benzene rings is 2. The summed E-state index contributed by atoms with van der Waals surface area (Å²) >= 11 is 5.77. The highest BCUT2D eigenvalue weighted by Crippen LogP contribution is 2.25. The summed E-state index contributed by atoms with van der Waals surface area (Å²) in [4.78, 5) is 11.7. The highest BCUT2D eigenvalue weighted by molar-refractivity contribution is 7.89. The third kappa shape index (κ3) is 7.31. The predicted molar refractivity (Wildman–Crippen MR) is 118 cm³/mol. The molecule has 2 aromatic carbocycles. The van der Waals surface area contributed by atoms with E-state index in [4.69, 9.17) is 16.3 Å². The van der Waals surface area contributed by atoms with E-state index >= 15 is 0 Å². The van der Waals surface area contributed by atoms with Crippen molar-refractivity contribution in [3.05, 3.63) is 59.1 Å². The molecular formula is C22H28ClNO5S. The quantitative estimate of drug-likeness (QED) is 0.512. The molecule has 0 aromatic heterocycles. The van der Waals surface area contributed by atoms with Crippen molar-refractivity contribution >= 4 is 27.6 Å². The Labute approximate surface area is 183 Å². The molecule has 6 nitrogen and oxygen atoms in total. The van der Waals surface area contributed by atoms with Crippen molar-refractivity contribution in [3.8, 4) is 5.75 Å². The van der Waals surface area contributed by atoms with Crippen molar-refractivity contribution in [2.24, 2.45) is 0 Å². The number of rotatable bonds is 10. The molecule has 30 heavy (non-hydrogen) atoms. The molecule has 0 radical (unpaired) electrons. The van der Waals surface area contributed by atoms with Gasteiger partial charge in [0, 0.05) is 11.6 Å². The van der Waals surface area contributed by atoms with Gasteiger partial charge in [0.25, 0.3) is 0 Å². The third-order valence-corrected chi connectivity index (χ3v) is 6.31. The summed E-state index contributed by atoms with van der Waals surface area (Å²) in [5, 5.41) is 9.89. The van der Waals surface area contributed by atoms with Crippen LogP contribution in [0.4, 0.5) is 0 Å². The average Bonchev–Trinajstić information content (AvgIpc) is 2.66. The van der Waals surface area contributed by atoms with Gasteiger partial charge in [-0.25, -0.2) is 17.9 Å². The van der Waals surface area contributed by atoms with Crippen LogP contribution in [0.15, 0.2) is 53.4 Å². The van der Waals surface area contributed by atoms with E-state index in [1.165, 1.54) is 24.3 Å². The number of nitrogens with one attached hydrogen (secondary N) is 1.